The number of rotatable bonds is 6. The maximum atomic E-state index is 12.7. The highest BCUT2D eigenvalue weighted by atomic mass is 16.1. The number of carbonyl (C=O) groups excluding carboxylic acids is 1. The Balaban J connectivity index is 1.91. The highest BCUT2D eigenvalue weighted by Gasteiger charge is 2.08. The predicted octanol–water partition coefficient (Wildman–Crippen LogP) is 5.31. The Hall–Kier alpha value is -3.33. The van der Waals surface area contributed by atoms with E-state index in [1.54, 1.807) is 6.08 Å². The topological polar surface area (TPSA) is 55.1 Å². The molecule has 0 bridgehead atoms. The molecule has 0 unspecified atom stereocenters. The Labute approximate surface area is 160 Å². The van der Waals surface area contributed by atoms with Gasteiger partial charge in [-0.2, -0.15) is 0 Å². The first kappa shape index (κ1) is 18.5. The zero-order valence-corrected chi connectivity index (χ0v) is 15.7. The van der Waals surface area contributed by atoms with Crippen molar-refractivity contribution in [2.45, 2.75) is 20.3 Å². The van der Waals surface area contributed by atoms with E-state index in [1.807, 2.05) is 55.5 Å². The van der Waals surface area contributed by atoms with E-state index in [0.29, 0.717) is 17.7 Å². The second-order valence-corrected chi connectivity index (χ2v) is 6.78. The van der Waals surface area contributed by atoms with Crippen LogP contribution in [0.3, 0.4) is 0 Å². The lowest BCUT2D eigenvalue weighted by Gasteiger charge is -2.14. The molecule has 0 aliphatic rings. The molecule has 0 amide bonds. The van der Waals surface area contributed by atoms with Crippen LogP contribution in [0.15, 0.2) is 84.6 Å². The third-order valence-corrected chi connectivity index (χ3v) is 4.38. The number of allylic oxidation sites excluding steroid dienone is 2. The van der Waals surface area contributed by atoms with Gasteiger partial charge in [0.2, 0.25) is 0 Å². The van der Waals surface area contributed by atoms with Crippen molar-refractivity contribution in [2.24, 2.45) is 0 Å². The summed E-state index contributed by atoms with van der Waals surface area (Å²) in [6.07, 6.45) is 2.28. The average molecular weight is 356 g/mol. The normalized spacial score (nSPS) is 11.3. The molecule has 27 heavy (non-hydrogen) atoms. The summed E-state index contributed by atoms with van der Waals surface area (Å²) in [5, 5.41) is 3.35. The van der Waals surface area contributed by atoms with Crippen molar-refractivity contribution in [2.75, 3.05) is 11.1 Å². The van der Waals surface area contributed by atoms with Crippen LogP contribution < -0.4 is 11.1 Å². The van der Waals surface area contributed by atoms with E-state index in [1.165, 1.54) is 5.56 Å². The molecule has 3 N–H and O–H groups in total. The van der Waals surface area contributed by atoms with E-state index in [2.05, 4.69) is 36.5 Å². The molecule has 0 aromatic heterocycles. The highest BCUT2D eigenvalue weighted by Crippen LogP contribution is 2.23. The third kappa shape index (κ3) is 5.08. The summed E-state index contributed by atoms with van der Waals surface area (Å²) >= 11 is 0. The Kier molecular flexibility index (Phi) is 5.72. The van der Waals surface area contributed by atoms with Crippen LogP contribution in [0.4, 0.5) is 11.4 Å². The number of nitrogens with one attached hydrogen (secondary N) is 1. The standard InChI is InChI=1S/C24H24N2O/c1-17-8-11-19(12-9-17)15-21(16-24(27)20-6-4-3-5-7-20)26-23-13-10-18(2)14-22(23)25/h3-14,16,26H,15,25H2,1-2H3/b21-16-. The molecule has 0 aliphatic heterocycles. The molecule has 136 valence electrons. The number of hydrogen-bond acceptors (Lipinski definition) is 3. The molecule has 3 nitrogen and oxygen atoms in total. The van der Waals surface area contributed by atoms with Crippen LogP contribution in [0.25, 0.3) is 0 Å². The number of benzene rings is 3. The molecule has 3 aromatic rings. The zero-order chi connectivity index (χ0) is 19.2. The second kappa shape index (κ2) is 8.37. The van der Waals surface area contributed by atoms with E-state index in [4.69, 9.17) is 5.73 Å². The molecule has 0 radical (unpaired) electrons. The van der Waals surface area contributed by atoms with Gasteiger partial charge in [-0.25, -0.2) is 0 Å². The van der Waals surface area contributed by atoms with E-state index in [0.717, 1.165) is 22.5 Å². The first-order chi connectivity index (χ1) is 13.0. The minimum Gasteiger partial charge on any atom is -0.397 e. The number of aryl methyl sites for hydroxylation is 2. The molecule has 0 heterocycles. The molecule has 3 heteroatoms. The number of anilines is 2. The Morgan fingerprint density at radius 2 is 1.59 bits per heavy atom. The molecule has 0 atom stereocenters. The van der Waals surface area contributed by atoms with Gasteiger partial charge in [-0.05, 0) is 37.1 Å². The lowest BCUT2D eigenvalue weighted by atomic mass is 10.0. The van der Waals surface area contributed by atoms with Crippen molar-refractivity contribution in [3.05, 3.63) is 107 Å². The third-order valence-electron chi connectivity index (χ3n) is 4.38. The van der Waals surface area contributed by atoms with Gasteiger partial charge in [-0.1, -0.05) is 66.2 Å². The lowest BCUT2D eigenvalue weighted by molar-refractivity contribution is 0.104. The molecule has 3 rings (SSSR count). The van der Waals surface area contributed by atoms with Crippen molar-refractivity contribution in [3.63, 3.8) is 0 Å². The van der Waals surface area contributed by atoms with E-state index in [9.17, 15) is 4.79 Å². The van der Waals surface area contributed by atoms with Gasteiger partial charge in [-0.3, -0.25) is 4.79 Å². The predicted molar refractivity (Wildman–Crippen MR) is 113 cm³/mol. The zero-order valence-electron chi connectivity index (χ0n) is 15.7. The van der Waals surface area contributed by atoms with E-state index < -0.39 is 0 Å². The Morgan fingerprint density at radius 3 is 2.26 bits per heavy atom. The summed E-state index contributed by atoms with van der Waals surface area (Å²) in [7, 11) is 0. The molecular formula is C24H24N2O. The smallest absolute Gasteiger partial charge is 0.187 e. The second-order valence-electron chi connectivity index (χ2n) is 6.78. The SMILES string of the molecule is Cc1ccc(C/C(=C/C(=O)c2ccccc2)Nc2ccc(C)cc2N)cc1. The van der Waals surface area contributed by atoms with Gasteiger partial charge in [-0.15, -0.1) is 0 Å². The summed E-state index contributed by atoms with van der Waals surface area (Å²) in [4.78, 5) is 12.7. The van der Waals surface area contributed by atoms with Crippen molar-refractivity contribution >= 4 is 17.2 Å². The molecule has 3 aromatic carbocycles. The van der Waals surface area contributed by atoms with Gasteiger partial charge in [0.15, 0.2) is 5.78 Å². The fourth-order valence-electron chi connectivity index (χ4n) is 2.87. The summed E-state index contributed by atoms with van der Waals surface area (Å²) in [6, 6.07) is 23.5. The van der Waals surface area contributed by atoms with Crippen LogP contribution in [-0.2, 0) is 6.42 Å². The van der Waals surface area contributed by atoms with Crippen molar-refractivity contribution < 1.29 is 4.79 Å². The average Bonchev–Trinajstić information content (AvgIpc) is 2.66. The minimum absolute atomic E-state index is 0.0316. The largest absolute Gasteiger partial charge is 0.397 e. The molecule has 0 saturated carbocycles. The quantitative estimate of drug-likeness (QED) is 0.358. The van der Waals surface area contributed by atoms with Crippen molar-refractivity contribution in [1.82, 2.24) is 0 Å². The van der Waals surface area contributed by atoms with Crippen LogP contribution in [0.2, 0.25) is 0 Å². The molecule has 0 fully saturated rings. The van der Waals surface area contributed by atoms with E-state index in [-0.39, 0.29) is 5.78 Å². The summed E-state index contributed by atoms with van der Waals surface area (Å²) in [5.74, 6) is -0.0316. The van der Waals surface area contributed by atoms with Gasteiger partial charge in [0.25, 0.3) is 0 Å². The lowest BCUT2D eigenvalue weighted by Crippen LogP contribution is -2.08. The van der Waals surface area contributed by atoms with Gasteiger partial charge in [0.1, 0.15) is 0 Å². The van der Waals surface area contributed by atoms with Crippen LogP contribution in [0.5, 0.6) is 0 Å². The number of ketones is 1. The van der Waals surface area contributed by atoms with Crippen molar-refractivity contribution in [1.29, 1.82) is 0 Å². The first-order valence-corrected chi connectivity index (χ1v) is 9.00. The maximum absolute atomic E-state index is 12.7. The van der Waals surface area contributed by atoms with Crippen molar-refractivity contribution in [3.8, 4) is 0 Å². The van der Waals surface area contributed by atoms with Crippen LogP contribution in [0.1, 0.15) is 27.0 Å². The van der Waals surface area contributed by atoms with Crippen LogP contribution in [-0.4, -0.2) is 5.78 Å². The minimum atomic E-state index is -0.0316. The highest BCUT2D eigenvalue weighted by molar-refractivity contribution is 6.05. The summed E-state index contributed by atoms with van der Waals surface area (Å²) in [5.41, 5.74) is 12.5. The monoisotopic (exact) mass is 356 g/mol. The number of carbonyl (C=O) groups is 1. The van der Waals surface area contributed by atoms with Crippen LogP contribution >= 0.6 is 0 Å². The summed E-state index contributed by atoms with van der Waals surface area (Å²) in [6.45, 7) is 4.06. The summed E-state index contributed by atoms with van der Waals surface area (Å²) < 4.78 is 0. The fraction of sp³-hybridized carbons (Fsp3) is 0.125. The fourth-order valence-corrected chi connectivity index (χ4v) is 2.87. The molecular weight excluding hydrogens is 332 g/mol. The molecule has 0 aliphatic carbocycles. The van der Waals surface area contributed by atoms with E-state index >= 15 is 0 Å². The van der Waals surface area contributed by atoms with Gasteiger partial charge >= 0.3 is 0 Å². The first-order valence-electron chi connectivity index (χ1n) is 9.00. The molecule has 0 spiro atoms. The number of nitrogen functional groups attached to an aromatic ring is 1. The van der Waals surface area contributed by atoms with Gasteiger partial charge < -0.3 is 11.1 Å². The van der Waals surface area contributed by atoms with Gasteiger partial charge in [0, 0.05) is 23.8 Å². The Morgan fingerprint density at radius 1 is 0.926 bits per heavy atom. The maximum Gasteiger partial charge on any atom is 0.187 e. The molecule has 0 saturated heterocycles. The number of hydrogen-bond donors (Lipinski definition) is 2. The van der Waals surface area contributed by atoms with Crippen LogP contribution in [0, 0.1) is 13.8 Å². The Bertz CT molecular complexity index is 957. The van der Waals surface area contributed by atoms with Gasteiger partial charge in [0.05, 0.1) is 11.4 Å². The number of nitrogens with two attached hydrogens (primary N) is 1.